The Morgan fingerprint density at radius 2 is 2.10 bits per heavy atom. The van der Waals surface area contributed by atoms with Crippen molar-refractivity contribution in [2.24, 2.45) is 0 Å². The van der Waals surface area contributed by atoms with E-state index in [-0.39, 0.29) is 5.91 Å². The summed E-state index contributed by atoms with van der Waals surface area (Å²) in [5.41, 5.74) is 0.704. The molecule has 0 aliphatic carbocycles. The third-order valence-corrected chi connectivity index (χ3v) is 4.02. The van der Waals surface area contributed by atoms with Crippen LogP contribution in [0.15, 0.2) is 18.2 Å². The Labute approximate surface area is 126 Å². The number of amides is 1. The molecular formula is C16H24N2O3. The first-order valence-electron chi connectivity index (χ1n) is 7.33. The Hall–Kier alpha value is -1.75. The summed E-state index contributed by atoms with van der Waals surface area (Å²) in [5, 5.41) is 6.27. The fraction of sp³-hybridized carbons (Fsp3) is 0.562. The number of rotatable bonds is 6. The number of nitrogens with one attached hydrogen (secondary N) is 2. The average Bonchev–Trinajstić information content (AvgIpc) is 2.95. The molecule has 1 atom stereocenters. The van der Waals surface area contributed by atoms with Gasteiger partial charge in [0.05, 0.1) is 19.8 Å². The van der Waals surface area contributed by atoms with Crippen LogP contribution >= 0.6 is 0 Å². The van der Waals surface area contributed by atoms with Gasteiger partial charge in [-0.05, 0) is 50.4 Å². The Morgan fingerprint density at radius 1 is 1.33 bits per heavy atom. The third-order valence-electron chi connectivity index (χ3n) is 4.02. The topological polar surface area (TPSA) is 59.6 Å². The van der Waals surface area contributed by atoms with Crippen LogP contribution in [-0.2, 0) is 11.2 Å². The zero-order valence-corrected chi connectivity index (χ0v) is 13.0. The van der Waals surface area contributed by atoms with Gasteiger partial charge in [-0.1, -0.05) is 6.07 Å². The van der Waals surface area contributed by atoms with Gasteiger partial charge in [-0.25, -0.2) is 0 Å². The second kappa shape index (κ2) is 6.80. The summed E-state index contributed by atoms with van der Waals surface area (Å²) in [6.07, 6.45) is 2.72. The maximum Gasteiger partial charge on any atom is 0.240 e. The number of ether oxygens (including phenoxy) is 2. The molecule has 1 aliphatic rings. The Balaban J connectivity index is 1.87. The zero-order valence-electron chi connectivity index (χ0n) is 13.0. The number of hydrogen-bond donors (Lipinski definition) is 2. The molecule has 2 rings (SSSR count). The molecule has 1 unspecified atom stereocenters. The van der Waals surface area contributed by atoms with Crippen LogP contribution in [0.2, 0.25) is 0 Å². The van der Waals surface area contributed by atoms with E-state index in [4.69, 9.17) is 9.47 Å². The first-order valence-corrected chi connectivity index (χ1v) is 7.33. The highest BCUT2D eigenvalue weighted by atomic mass is 16.5. The smallest absolute Gasteiger partial charge is 0.240 e. The lowest BCUT2D eigenvalue weighted by Gasteiger charge is -2.23. The van der Waals surface area contributed by atoms with Gasteiger partial charge in [0.25, 0.3) is 0 Å². The molecule has 21 heavy (non-hydrogen) atoms. The van der Waals surface area contributed by atoms with Crippen molar-refractivity contribution in [3.63, 3.8) is 0 Å². The van der Waals surface area contributed by atoms with Crippen molar-refractivity contribution in [1.29, 1.82) is 0 Å². The second-order valence-electron chi connectivity index (χ2n) is 5.56. The molecule has 0 spiro atoms. The number of carbonyl (C=O) groups is 1. The molecule has 0 aromatic heterocycles. The molecule has 1 heterocycles. The highest BCUT2D eigenvalue weighted by Gasteiger charge is 2.35. The molecular weight excluding hydrogens is 268 g/mol. The van der Waals surface area contributed by atoms with Crippen molar-refractivity contribution in [3.8, 4) is 11.5 Å². The zero-order chi connectivity index (χ0) is 15.3. The summed E-state index contributed by atoms with van der Waals surface area (Å²) >= 11 is 0. The van der Waals surface area contributed by atoms with E-state index in [9.17, 15) is 4.79 Å². The summed E-state index contributed by atoms with van der Waals surface area (Å²) in [5.74, 6) is 1.51. The fourth-order valence-electron chi connectivity index (χ4n) is 2.64. The van der Waals surface area contributed by atoms with Gasteiger partial charge in [-0.2, -0.15) is 0 Å². The highest BCUT2D eigenvalue weighted by Crippen LogP contribution is 2.27. The van der Waals surface area contributed by atoms with Crippen molar-refractivity contribution in [3.05, 3.63) is 23.8 Å². The molecule has 1 aromatic rings. The maximum absolute atomic E-state index is 12.2. The molecule has 0 saturated carbocycles. The van der Waals surface area contributed by atoms with Gasteiger partial charge in [0, 0.05) is 6.54 Å². The van der Waals surface area contributed by atoms with Gasteiger partial charge in [-0.15, -0.1) is 0 Å². The predicted molar refractivity (Wildman–Crippen MR) is 81.9 cm³/mol. The van der Waals surface area contributed by atoms with E-state index < -0.39 is 5.54 Å². The maximum atomic E-state index is 12.2. The molecule has 1 aliphatic heterocycles. The summed E-state index contributed by atoms with van der Waals surface area (Å²) in [7, 11) is 3.24. The van der Waals surface area contributed by atoms with E-state index >= 15 is 0 Å². The Morgan fingerprint density at radius 3 is 2.71 bits per heavy atom. The van der Waals surface area contributed by atoms with Crippen LogP contribution < -0.4 is 20.1 Å². The van der Waals surface area contributed by atoms with Crippen LogP contribution in [0.5, 0.6) is 11.5 Å². The van der Waals surface area contributed by atoms with Crippen LogP contribution in [0, 0.1) is 0 Å². The molecule has 0 bridgehead atoms. The van der Waals surface area contributed by atoms with Crippen molar-refractivity contribution in [2.75, 3.05) is 27.3 Å². The van der Waals surface area contributed by atoms with Gasteiger partial charge in [0.2, 0.25) is 5.91 Å². The monoisotopic (exact) mass is 292 g/mol. The van der Waals surface area contributed by atoms with Gasteiger partial charge in [0.15, 0.2) is 11.5 Å². The van der Waals surface area contributed by atoms with Crippen molar-refractivity contribution >= 4 is 5.91 Å². The van der Waals surface area contributed by atoms with E-state index in [0.29, 0.717) is 18.0 Å². The molecule has 2 N–H and O–H groups in total. The molecule has 0 radical (unpaired) electrons. The van der Waals surface area contributed by atoms with Crippen LogP contribution in [0.1, 0.15) is 25.3 Å². The minimum absolute atomic E-state index is 0.0838. The largest absolute Gasteiger partial charge is 0.493 e. The fourth-order valence-corrected chi connectivity index (χ4v) is 2.64. The number of methoxy groups -OCH3 is 2. The third kappa shape index (κ3) is 3.67. The molecule has 5 nitrogen and oxygen atoms in total. The molecule has 5 heteroatoms. The molecule has 116 valence electrons. The van der Waals surface area contributed by atoms with Gasteiger partial charge < -0.3 is 20.1 Å². The van der Waals surface area contributed by atoms with Crippen LogP contribution in [-0.4, -0.2) is 38.8 Å². The normalized spacial score (nSPS) is 21.1. The van der Waals surface area contributed by atoms with Crippen LogP contribution in [0.4, 0.5) is 0 Å². The van der Waals surface area contributed by atoms with Gasteiger partial charge in [0.1, 0.15) is 0 Å². The van der Waals surface area contributed by atoms with E-state index in [1.807, 2.05) is 25.1 Å². The lowest BCUT2D eigenvalue weighted by Crippen LogP contribution is -2.51. The van der Waals surface area contributed by atoms with Gasteiger partial charge in [-0.3, -0.25) is 4.79 Å². The van der Waals surface area contributed by atoms with Crippen molar-refractivity contribution in [1.82, 2.24) is 10.6 Å². The minimum atomic E-state index is -0.405. The Kier molecular flexibility index (Phi) is 5.07. The minimum Gasteiger partial charge on any atom is -0.493 e. The van der Waals surface area contributed by atoms with E-state index in [1.54, 1.807) is 14.2 Å². The standard InChI is InChI=1S/C16H24N2O3/c1-16(8-4-9-18-16)15(19)17-10-7-12-5-6-13(20-2)14(11-12)21-3/h5-6,11,18H,4,7-10H2,1-3H3,(H,17,19). The Bertz CT molecular complexity index is 496. The SMILES string of the molecule is COc1ccc(CCNC(=O)C2(C)CCCN2)cc1OC. The summed E-state index contributed by atoms with van der Waals surface area (Å²) in [6, 6.07) is 5.82. The van der Waals surface area contributed by atoms with Crippen molar-refractivity contribution in [2.45, 2.75) is 31.7 Å². The first kappa shape index (κ1) is 15.6. The average molecular weight is 292 g/mol. The van der Waals surface area contributed by atoms with E-state index in [2.05, 4.69) is 10.6 Å². The predicted octanol–water partition coefficient (Wildman–Crippen LogP) is 1.50. The van der Waals surface area contributed by atoms with Crippen LogP contribution in [0.3, 0.4) is 0 Å². The van der Waals surface area contributed by atoms with E-state index in [1.165, 1.54) is 0 Å². The second-order valence-corrected chi connectivity index (χ2v) is 5.56. The molecule has 1 saturated heterocycles. The molecule has 1 amide bonds. The molecule has 1 aromatic carbocycles. The lowest BCUT2D eigenvalue weighted by molar-refractivity contribution is -0.126. The summed E-state index contributed by atoms with van der Waals surface area (Å²) in [6.45, 7) is 3.50. The highest BCUT2D eigenvalue weighted by molar-refractivity contribution is 5.86. The first-order chi connectivity index (χ1) is 10.1. The lowest BCUT2D eigenvalue weighted by atomic mass is 9.99. The quantitative estimate of drug-likeness (QED) is 0.834. The summed E-state index contributed by atoms with van der Waals surface area (Å²) in [4.78, 5) is 12.2. The molecule has 1 fully saturated rings. The van der Waals surface area contributed by atoms with Crippen molar-refractivity contribution < 1.29 is 14.3 Å². The number of carbonyl (C=O) groups excluding carboxylic acids is 1. The number of hydrogen-bond acceptors (Lipinski definition) is 4. The van der Waals surface area contributed by atoms with Crippen LogP contribution in [0.25, 0.3) is 0 Å². The number of benzene rings is 1. The van der Waals surface area contributed by atoms with Gasteiger partial charge >= 0.3 is 0 Å². The summed E-state index contributed by atoms with van der Waals surface area (Å²) < 4.78 is 10.5. The van der Waals surface area contributed by atoms with E-state index in [0.717, 1.165) is 31.4 Å².